The molecule has 2 aromatic rings. The molecule has 0 bridgehead atoms. The molecule has 1 aliphatic rings. The van der Waals surface area contributed by atoms with E-state index < -0.39 is 6.04 Å². The Hall–Kier alpha value is -3.48. The number of ether oxygens (including phenoxy) is 1. The molecule has 2 heterocycles. The Morgan fingerprint density at radius 1 is 1.38 bits per heavy atom. The van der Waals surface area contributed by atoms with Crippen LogP contribution in [-0.4, -0.2) is 47.4 Å². The van der Waals surface area contributed by atoms with Crippen molar-refractivity contribution in [3.8, 4) is 17.3 Å². The molecule has 166 valence electrons. The molecule has 1 aliphatic heterocycles. The number of allylic oxidation sites excluding steroid dienone is 1. The van der Waals surface area contributed by atoms with Gasteiger partial charge in [-0.2, -0.15) is 5.26 Å². The average molecular weight is 454 g/mol. The van der Waals surface area contributed by atoms with Crippen LogP contribution in [0.1, 0.15) is 30.1 Å². The minimum atomic E-state index is -0.577. The van der Waals surface area contributed by atoms with Crippen LogP contribution in [0, 0.1) is 11.3 Å². The van der Waals surface area contributed by atoms with Gasteiger partial charge in [0.25, 0.3) is 5.91 Å². The third-order valence-corrected chi connectivity index (χ3v) is 5.03. The summed E-state index contributed by atoms with van der Waals surface area (Å²) in [7, 11) is 0. The zero-order valence-corrected chi connectivity index (χ0v) is 18.3. The monoisotopic (exact) mass is 453 g/mol. The first kappa shape index (κ1) is 23.2. The molecule has 9 nitrogen and oxygen atoms in total. The lowest BCUT2D eigenvalue weighted by molar-refractivity contribution is 0.0872. The van der Waals surface area contributed by atoms with Crippen molar-refractivity contribution in [3.05, 3.63) is 52.9 Å². The number of carbonyl (C=O) groups is 1. The molecule has 4 N–H and O–H groups in total. The third kappa shape index (κ3) is 6.26. The molecule has 10 heteroatoms. The Balaban J connectivity index is 1.73. The van der Waals surface area contributed by atoms with Crippen molar-refractivity contribution >= 4 is 29.7 Å². The molecule has 1 saturated heterocycles. The first-order valence-corrected chi connectivity index (χ1v) is 10.5. The number of anilines is 1. The highest BCUT2D eigenvalue weighted by Crippen LogP contribution is 2.26. The van der Waals surface area contributed by atoms with Gasteiger partial charge in [0.2, 0.25) is 5.95 Å². The van der Waals surface area contributed by atoms with Gasteiger partial charge in [-0.25, -0.2) is 9.97 Å². The van der Waals surface area contributed by atoms with E-state index >= 15 is 0 Å². The van der Waals surface area contributed by atoms with E-state index in [1.807, 2.05) is 6.07 Å². The van der Waals surface area contributed by atoms with Crippen LogP contribution in [0.2, 0.25) is 5.02 Å². The van der Waals surface area contributed by atoms with Crippen LogP contribution in [-0.2, 0) is 4.74 Å². The number of amides is 1. The maximum absolute atomic E-state index is 12.2. The highest BCUT2D eigenvalue weighted by molar-refractivity contribution is 6.32. The Morgan fingerprint density at radius 2 is 2.09 bits per heavy atom. The Morgan fingerprint density at radius 3 is 2.75 bits per heavy atom. The lowest BCUT2D eigenvalue weighted by atomic mass is 10.1. The number of hydrogen-bond acceptors (Lipinski definition) is 8. The molecule has 0 aliphatic carbocycles. The van der Waals surface area contributed by atoms with Gasteiger partial charge in [0.1, 0.15) is 6.04 Å². The Bertz CT molecular complexity index is 1040. The maximum atomic E-state index is 12.2. The summed E-state index contributed by atoms with van der Waals surface area (Å²) in [5.74, 6) is -0.0209. The molecule has 0 spiro atoms. The summed E-state index contributed by atoms with van der Waals surface area (Å²) in [4.78, 5) is 25.4. The first-order valence-electron chi connectivity index (χ1n) is 10.1. The molecule has 0 radical (unpaired) electrons. The van der Waals surface area contributed by atoms with Gasteiger partial charge in [0.05, 0.1) is 34.7 Å². The van der Waals surface area contributed by atoms with Crippen LogP contribution < -0.4 is 16.4 Å². The van der Waals surface area contributed by atoms with Crippen molar-refractivity contribution in [2.45, 2.75) is 31.8 Å². The minimum absolute atomic E-state index is 0.203. The predicted molar refractivity (Wildman–Crippen MR) is 123 cm³/mol. The Kier molecular flexibility index (Phi) is 8.14. The van der Waals surface area contributed by atoms with E-state index in [-0.39, 0.29) is 11.9 Å². The number of rotatable bonds is 7. The fourth-order valence-corrected chi connectivity index (χ4v) is 3.19. The van der Waals surface area contributed by atoms with Crippen molar-refractivity contribution in [1.29, 1.82) is 5.26 Å². The van der Waals surface area contributed by atoms with E-state index in [1.54, 1.807) is 37.4 Å². The fourth-order valence-electron chi connectivity index (χ4n) is 2.99. The summed E-state index contributed by atoms with van der Waals surface area (Å²) in [5, 5.41) is 14.8. The second-order valence-electron chi connectivity index (χ2n) is 7.16. The lowest BCUT2D eigenvalue weighted by Crippen LogP contribution is -2.31. The van der Waals surface area contributed by atoms with E-state index in [0.29, 0.717) is 46.7 Å². The quantitative estimate of drug-likeness (QED) is 0.547. The second-order valence-corrected chi connectivity index (χ2v) is 7.57. The summed E-state index contributed by atoms with van der Waals surface area (Å²) in [6, 6.07) is 8.34. The lowest BCUT2D eigenvalue weighted by Gasteiger charge is -2.18. The van der Waals surface area contributed by atoms with Gasteiger partial charge in [-0.3, -0.25) is 9.79 Å². The number of nitrogens with two attached hydrogens (primary N) is 1. The van der Waals surface area contributed by atoms with Crippen LogP contribution >= 0.6 is 11.6 Å². The smallest absolute Gasteiger partial charge is 0.252 e. The standard InChI is InChI=1S/C22H24ClN7O2/c1-14(10-24)28-21(31)16-4-2-15(3-5-16)20-19(23)13-27-22(30-20)29-18(11-25)12-26-17-6-8-32-9-7-17/h2-5,11-14,17H,6-9,25H2,1H3,(H,28,31)(H,27,29,30)/t14-/m0/s1. The number of aliphatic imine (C=N–C) groups is 1. The van der Waals surface area contributed by atoms with E-state index in [0.717, 1.165) is 12.8 Å². The number of benzene rings is 1. The molecule has 0 saturated carbocycles. The van der Waals surface area contributed by atoms with E-state index in [1.165, 1.54) is 12.4 Å². The summed E-state index contributed by atoms with van der Waals surface area (Å²) >= 11 is 6.31. The largest absolute Gasteiger partial charge is 0.403 e. The molecule has 0 unspecified atom stereocenters. The maximum Gasteiger partial charge on any atom is 0.252 e. The molecule has 1 amide bonds. The number of nitriles is 1. The fraction of sp³-hybridized carbons (Fsp3) is 0.318. The minimum Gasteiger partial charge on any atom is -0.403 e. The molecule has 1 atom stereocenters. The summed E-state index contributed by atoms with van der Waals surface area (Å²) < 4.78 is 5.34. The number of halogens is 1. The predicted octanol–water partition coefficient (Wildman–Crippen LogP) is 2.90. The van der Waals surface area contributed by atoms with Crippen LogP contribution in [0.25, 0.3) is 11.3 Å². The number of aromatic nitrogens is 2. The third-order valence-electron chi connectivity index (χ3n) is 4.76. The zero-order chi connectivity index (χ0) is 22.9. The normalized spacial score (nSPS) is 15.8. The van der Waals surface area contributed by atoms with Crippen molar-refractivity contribution in [1.82, 2.24) is 15.3 Å². The van der Waals surface area contributed by atoms with Crippen molar-refractivity contribution in [3.63, 3.8) is 0 Å². The Labute approximate surface area is 191 Å². The van der Waals surface area contributed by atoms with Gasteiger partial charge in [-0.15, -0.1) is 0 Å². The molecule has 3 rings (SSSR count). The van der Waals surface area contributed by atoms with E-state index in [4.69, 9.17) is 27.3 Å². The van der Waals surface area contributed by atoms with Crippen LogP contribution in [0.5, 0.6) is 0 Å². The summed E-state index contributed by atoms with van der Waals surface area (Å²) in [6.45, 7) is 3.02. The van der Waals surface area contributed by atoms with Gasteiger partial charge < -0.3 is 21.1 Å². The zero-order valence-electron chi connectivity index (χ0n) is 17.6. The average Bonchev–Trinajstić information content (AvgIpc) is 2.83. The number of nitrogens with zero attached hydrogens (tertiary/aromatic N) is 4. The van der Waals surface area contributed by atoms with Crippen LogP contribution in [0.3, 0.4) is 0 Å². The molecular weight excluding hydrogens is 430 g/mol. The van der Waals surface area contributed by atoms with Gasteiger partial charge in [-0.05, 0) is 31.9 Å². The van der Waals surface area contributed by atoms with Crippen LogP contribution in [0.4, 0.5) is 5.95 Å². The summed E-state index contributed by atoms with van der Waals surface area (Å²) in [6.07, 6.45) is 6.31. The van der Waals surface area contributed by atoms with Gasteiger partial charge in [-0.1, -0.05) is 23.7 Å². The summed E-state index contributed by atoms with van der Waals surface area (Å²) in [5.41, 5.74) is 7.92. The molecular formula is C22H24ClN7O2. The van der Waals surface area contributed by atoms with E-state index in [2.05, 4.69) is 25.6 Å². The van der Waals surface area contributed by atoms with Crippen molar-refractivity contribution < 1.29 is 9.53 Å². The number of hydrogen-bond donors (Lipinski definition) is 3. The molecule has 1 aromatic heterocycles. The molecule has 32 heavy (non-hydrogen) atoms. The van der Waals surface area contributed by atoms with Gasteiger partial charge in [0, 0.05) is 36.8 Å². The van der Waals surface area contributed by atoms with Gasteiger partial charge >= 0.3 is 0 Å². The van der Waals surface area contributed by atoms with Crippen molar-refractivity contribution in [2.75, 3.05) is 18.5 Å². The number of carbonyl (C=O) groups excluding carboxylic acids is 1. The van der Waals surface area contributed by atoms with Crippen molar-refractivity contribution in [2.24, 2.45) is 10.7 Å². The van der Waals surface area contributed by atoms with Gasteiger partial charge in [0.15, 0.2) is 0 Å². The molecule has 1 fully saturated rings. The van der Waals surface area contributed by atoms with Crippen LogP contribution in [0.15, 0.2) is 47.4 Å². The molecule has 1 aromatic carbocycles. The first-order chi connectivity index (χ1) is 15.5. The SMILES string of the molecule is C[C@@H](C#N)NC(=O)c1ccc(-c2nc(NC(C=NC3CCOCC3)=CN)ncc2Cl)cc1. The number of nitrogens with one attached hydrogen (secondary N) is 2. The highest BCUT2D eigenvalue weighted by Gasteiger charge is 2.13. The van der Waals surface area contributed by atoms with E-state index in [9.17, 15) is 4.79 Å². The topological polar surface area (TPSA) is 138 Å². The highest BCUT2D eigenvalue weighted by atomic mass is 35.5. The second kappa shape index (κ2) is 11.2.